The molecule has 1 aromatic rings. The average molecular weight is 257 g/mol. The lowest BCUT2D eigenvalue weighted by atomic mass is 10.3. The summed E-state index contributed by atoms with van der Waals surface area (Å²) in [6.45, 7) is 3.71. The zero-order valence-corrected chi connectivity index (χ0v) is 10.7. The van der Waals surface area contributed by atoms with E-state index in [4.69, 9.17) is 0 Å². The zero-order chi connectivity index (χ0) is 12.8. The lowest BCUT2D eigenvalue weighted by molar-refractivity contribution is -0.121. The Hall–Kier alpha value is -1.23. The third-order valence-corrected chi connectivity index (χ3v) is 3.44. The van der Waals surface area contributed by atoms with Crippen LogP contribution in [0.1, 0.15) is 20.3 Å². The minimum absolute atomic E-state index is 0.0596. The largest absolute Gasteiger partial charge is 0.354 e. The van der Waals surface area contributed by atoms with Crippen LogP contribution in [0.15, 0.2) is 29.2 Å². The second-order valence-corrected chi connectivity index (χ2v) is 5.49. The number of carbonyl (C=O) groups excluding carboxylic acids is 1. The van der Waals surface area contributed by atoms with Crippen molar-refractivity contribution in [3.63, 3.8) is 0 Å². The maximum absolute atomic E-state index is 13.3. The van der Waals surface area contributed by atoms with E-state index in [9.17, 15) is 13.4 Å². The van der Waals surface area contributed by atoms with E-state index in [2.05, 4.69) is 5.32 Å². The first-order chi connectivity index (χ1) is 8.00. The summed E-state index contributed by atoms with van der Waals surface area (Å²) in [5.41, 5.74) is 0. The van der Waals surface area contributed by atoms with Crippen molar-refractivity contribution in [1.82, 2.24) is 5.32 Å². The SMILES string of the molecule is CC(C)NC(=O)CCS(=O)c1ccccc1F. The van der Waals surface area contributed by atoms with Crippen molar-refractivity contribution < 1.29 is 13.4 Å². The van der Waals surface area contributed by atoms with Gasteiger partial charge < -0.3 is 5.32 Å². The van der Waals surface area contributed by atoms with E-state index in [-0.39, 0.29) is 29.0 Å². The van der Waals surface area contributed by atoms with Crippen LogP contribution in [0.2, 0.25) is 0 Å². The van der Waals surface area contributed by atoms with E-state index in [1.54, 1.807) is 12.1 Å². The number of rotatable bonds is 5. The molecule has 94 valence electrons. The van der Waals surface area contributed by atoms with Crippen LogP contribution in [0.25, 0.3) is 0 Å². The molecule has 1 unspecified atom stereocenters. The number of hydrogen-bond acceptors (Lipinski definition) is 2. The van der Waals surface area contributed by atoms with Crippen LogP contribution in [0.5, 0.6) is 0 Å². The molecule has 0 heterocycles. The molecule has 3 nitrogen and oxygen atoms in total. The van der Waals surface area contributed by atoms with Crippen LogP contribution >= 0.6 is 0 Å². The fraction of sp³-hybridized carbons (Fsp3) is 0.417. The topological polar surface area (TPSA) is 46.2 Å². The van der Waals surface area contributed by atoms with Crippen molar-refractivity contribution >= 4 is 16.7 Å². The molecule has 0 aliphatic heterocycles. The van der Waals surface area contributed by atoms with Gasteiger partial charge in [0.1, 0.15) is 5.82 Å². The first-order valence-electron chi connectivity index (χ1n) is 5.43. The summed E-state index contributed by atoms with van der Waals surface area (Å²) in [4.78, 5) is 11.5. The fourth-order valence-corrected chi connectivity index (χ4v) is 2.43. The highest BCUT2D eigenvalue weighted by molar-refractivity contribution is 7.85. The molecular weight excluding hydrogens is 241 g/mol. The smallest absolute Gasteiger partial charge is 0.221 e. The van der Waals surface area contributed by atoms with E-state index in [0.29, 0.717) is 0 Å². The summed E-state index contributed by atoms with van der Waals surface area (Å²) in [7, 11) is -1.47. The average Bonchev–Trinajstić information content (AvgIpc) is 2.25. The van der Waals surface area contributed by atoms with Gasteiger partial charge in [-0.15, -0.1) is 0 Å². The van der Waals surface area contributed by atoms with Gasteiger partial charge in [-0.05, 0) is 26.0 Å². The number of carbonyl (C=O) groups is 1. The third kappa shape index (κ3) is 4.65. The normalized spacial score (nSPS) is 12.5. The molecule has 17 heavy (non-hydrogen) atoms. The van der Waals surface area contributed by atoms with Gasteiger partial charge in [0.05, 0.1) is 15.7 Å². The van der Waals surface area contributed by atoms with Crippen molar-refractivity contribution in [3.05, 3.63) is 30.1 Å². The molecule has 0 radical (unpaired) electrons. The Morgan fingerprint density at radius 3 is 2.65 bits per heavy atom. The number of benzene rings is 1. The third-order valence-electron chi connectivity index (χ3n) is 2.05. The molecule has 0 bridgehead atoms. The number of hydrogen-bond donors (Lipinski definition) is 1. The molecule has 1 rings (SSSR count). The molecule has 0 aliphatic carbocycles. The maximum Gasteiger partial charge on any atom is 0.221 e. The quantitative estimate of drug-likeness (QED) is 0.875. The van der Waals surface area contributed by atoms with E-state index < -0.39 is 16.6 Å². The van der Waals surface area contributed by atoms with Crippen molar-refractivity contribution in [2.45, 2.75) is 31.2 Å². The first kappa shape index (κ1) is 13.8. The first-order valence-corrected chi connectivity index (χ1v) is 6.75. The Labute approximate surface area is 103 Å². The molecule has 0 aromatic heterocycles. The lowest BCUT2D eigenvalue weighted by Crippen LogP contribution is -2.30. The summed E-state index contributed by atoms with van der Waals surface area (Å²) in [6, 6.07) is 5.98. The minimum Gasteiger partial charge on any atom is -0.354 e. The van der Waals surface area contributed by atoms with Crippen molar-refractivity contribution in [2.24, 2.45) is 0 Å². The predicted octanol–water partition coefficient (Wildman–Crippen LogP) is 1.85. The van der Waals surface area contributed by atoms with Gasteiger partial charge in [-0.1, -0.05) is 12.1 Å². The van der Waals surface area contributed by atoms with Crippen LogP contribution in [-0.4, -0.2) is 21.9 Å². The molecule has 1 atom stereocenters. The monoisotopic (exact) mass is 257 g/mol. The Balaban J connectivity index is 2.51. The summed E-state index contributed by atoms with van der Waals surface area (Å²) >= 11 is 0. The van der Waals surface area contributed by atoms with Crippen LogP contribution in [0.3, 0.4) is 0 Å². The maximum atomic E-state index is 13.3. The van der Waals surface area contributed by atoms with Crippen LogP contribution < -0.4 is 5.32 Å². The van der Waals surface area contributed by atoms with Crippen LogP contribution in [-0.2, 0) is 15.6 Å². The van der Waals surface area contributed by atoms with E-state index in [0.717, 1.165) is 0 Å². The summed E-state index contributed by atoms with van der Waals surface area (Å²) in [6.07, 6.45) is 0.138. The van der Waals surface area contributed by atoms with Crippen molar-refractivity contribution in [1.29, 1.82) is 0 Å². The Kier molecular flexibility index (Phi) is 5.28. The van der Waals surface area contributed by atoms with Gasteiger partial charge in [0.25, 0.3) is 0 Å². The molecule has 0 saturated carbocycles. The van der Waals surface area contributed by atoms with Gasteiger partial charge in [0.2, 0.25) is 5.91 Å². The van der Waals surface area contributed by atoms with E-state index in [1.807, 2.05) is 13.8 Å². The van der Waals surface area contributed by atoms with Gasteiger partial charge in [-0.3, -0.25) is 9.00 Å². The number of nitrogens with one attached hydrogen (secondary N) is 1. The predicted molar refractivity (Wildman–Crippen MR) is 65.6 cm³/mol. The Morgan fingerprint density at radius 2 is 2.06 bits per heavy atom. The summed E-state index contributed by atoms with van der Waals surface area (Å²) in [5, 5.41) is 2.70. The van der Waals surface area contributed by atoms with Crippen molar-refractivity contribution in [2.75, 3.05) is 5.75 Å². The van der Waals surface area contributed by atoms with Crippen LogP contribution in [0, 0.1) is 5.82 Å². The van der Waals surface area contributed by atoms with Crippen LogP contribution in [0.4, 0.5) is 4.39 Å². The number of halogens is 1. The minimum atomic E-state index is -1.47. The molecule has 1 aromatic carbocycles. The molecule has 0 spiro atoms. The van der Waals surface area contributed by atoms with Gasteiger partial charge in [-0.2, -0.15) is 0 Å². The number of amides is 1. The molecule has 0 aliphatic rings. The van der Waals surface area contributed by atoms with Gasteiger partial charge >= 0.3 is 0 Å². The highest BCUT2D eigenvalue weighted by atomic mass is 32.2. The molecule has 1 amide bonds. The Morgan fingerprint density at radius 1 is 1.41 bits per heavy atom. The van der Waals surface area contributed by atoms with Gasteiger partial charge in [0.15, 0.2) is 0 Å². The fourth-order valence-electron chi connectivity index (χ4n) is 1.32. The van der Waals surface area contributed by atoms with E-state index in [1.165, 1.54) is 12.1 Å². The molecule has 0 fully saturated rings. The standard InChI is InChI=1S/C12H16FNO2S/c1-9(2)14-12(15)7-8-17(16)11-6-4-3-5-10(11)13/h3-6,9H,7-8H2,1-2H3,(H,14,15). The second-order valence-electron chi connectivity index (χ2n) is 3.95. The Bertz CT molecular complexity index is 421. The summed E-state index contributed by atoms with van der Waals surface area (Å²) < 4.78 is 25.0. The highest BCUT2D eigenvalue weighted by Crippen LogP contribution is 2.12. The molecule has 1 N–H and O–H groups in total. The summed E-state index contributed by atoms with van der Waals surface area (Å²) in [5.74, 6) is -0.515. The highest BCUT2D eigenvalue weighted by Gasteiger charge is 2.11. The van der Waals surface area contributed by atoms with Gasteiger partial charge in [0, 0.05) is 18.2 Å². The second kappa shape index (κ2) is 6.49. The molecule has 5 heteroatoms. The van der Waals surface area contributed by atoms with Crippen molar-refractivity contribution in [3.8, 4) is 0 Å². The molecular formula is C12H16FNO2S. The molecule has 0 saturated heterocycles. The lowest BCUT2D eigenvalue weighted by Gasteiger charge is -2.08. The van der Waals surface area contributed by atoms with Gasteiger partial charge in [-0.25, -0.2) is 4.39 Å². The zero-order valence-electron chi connectivity index (χ0n) is 9.90. The van der Waals surface area contributed by atoms with E-state index >= 15 is 0 Å².